The van der Waals surface area contributed by atoms with E-state index in [1.54, 1.807) is 27.7 Å². The van der Waals surface area contributed by atoms with E-state index in [0.717, 1.165) is 5.01 Å². The molecule has 0 unspecified atom stereocenters. The second-order valence-electron chi connectivity index (χ2n) is 8.45. The molecule has 0 spiro atoms. The first-order valence-electron chi connectivity index (χ1n) is 9.77. The minimum absolute atomic E-state index is 0.000307. The largest absolute Gasteiger partial charge is 0.459 e. The fourth-order valence-electron chi connectivity index (χ4n) is 2.23. The summed E-state index contributed by atoms with van der Waals surface area (Å²) in [6.45, 7) is 14.6. The number of esters is 1. The minimum atomic E-state index is -1.04. The van der Waals surface area contributed by atoms with Crippen molar-refractivity contribution in [1.29, 1.82) is 0 Å². The van der Waals surface area contributed by atoms with Crippen molar-refractivity contribution in [3.8, 4) is 0 Å². The van der Waals surface area contributed by atoms with E-state index < -0.39 is 29.5 Å². The Morgan fingerprint density at radius 2 is 1.48 bits per heavy atom. The summed E-state index contributed by atoms with van der Waals surface area (Å²) >= 11 is 0. The molecular weight excluding hydrogens is 380 g/mol. The molecule has 168 valence electrons. The van der Waals surface area contributed by atoms with Crippen molar-refractivity contribution in [2.24, 2.45) is 11.8 Å². The number of hydrogen-bond donors (Lipinski definition) is 2. The summed E-state index contributed by atoms with van der Waals surface area (Å²) in [4.78, 5) is 48.5. The number of rotatable bonds is 8. The summed E-state index contributed by atoms with van der Waals surface area (Å²) in [5, 5.41) is 2.34. The molecule has 10 heteroatoms. The van der Waals surface area contributed by atoms with Gasteiger partial charge in [-0.15, -0.1) is 0 Å². The first-order valence-corrected chi connectivity index (χ1v) is 9.77. The van der Waals surface area contributed by atoms with Gasteiger partial charge in [-0.3, -0.25) is 20.4 Å². The Labute approximate surface area is 173 Å². The number of carbonyl (C=O) groups is 4. The van der Waals surface area contributed by atoms with Crippen LogP contribution in [0.25, 0.3) is 0 Å². The lowest BCUT2D eigenvalue weighted by molar-refractivity contribution is -0.163. The highest BCUT2D eigenvalue weighted by atomic mass is 16.6. The summed E-state index contributed by atoms with van der Waals surface area (Å²) in [5.74, 6) is -2.42. The average molecular weight is 417 g/mol. The highest BCUT2D eigenvalue weighted by Crippen LogP contribution is 2.07. The second kappa shape index (κ2) is 12.3. The van der Waals surface area contributed by atoms with Crippen LogP contribution in [-0.2, 0) is 23.9 Å². The number of carbonyl (C=O) groups excluding carboxylic acids is 4. The van der Waals surface area contributed by atoms with Crippen molar-refractivity contribution in [2.45, 2.75) is 61.0 Å². The molecule has 0 rings (SSSR count). The molecule has 0 bridgehead atoms. The molecule has 0 aromatic rings. The van der Waals surface area contributed by atoms with Crippen LogP contribution in [0.5, 0.6) is 0 Å². The van der Waals surface area contributed by atoms with E-state index in [0.29, 0.717) is 6.54 Å². The van der Waals surface area contributed by atoms with Crippen LogP contribution in [0.15, 0.2) is 0 Å². The van der Waals surface area contributed by atoms with Crippen LogP contribution in [0.1, 0.15) is 55.4 Å². The number of ether oxygens (including phenoxy) is 2. The molecule has 0 saturated carbocycles. The van der Waals surface area contributed by atoms with Gasteiger partial charge in [0.1, 0.15) is 5.60 Å². The Morgan fingerprint density at radius 1 is 0.931 bits per heavy atom. The molecule has 0 aromatic carbocycles. The van der Waals surface area contributed by atoms with Crippen LogP contribution in [0.3, 0.4) is 0 Å². The van der Waals surface area contributed by atoms with Crippen LogP contribution in [-0.4, -0.2) is 65.7 Å². The number of hydrazine groups is 2. The lowest BCUT2D eigenvalue weighted by Gasteiger charge is -2.28. The summed E-state index contributed by atoms with van der Waals surface area (Å²) in [7, 11) is 0. The molecule has 29 heavy (non-hydrogen) atoms. The fourth-order valence-corrected chi connectivity index (χ4v) is 2.23. The van der Waals surface area contributed by atoms with Crippen molar-refractivity contribution in [3.63, 3.8) is 0 Å². The fraction of sp³-hybridized carbons (Fsp3) is 0.789. The molecule has 0 heterocycles. The van der Waals surface area contributed by atoms with Crippen molar-refractivity contribution >= 4 is 23.9 Å². The summed E-state index contributed by atoms with van der Waals surface area (Å²) in [6.07, 6.45) is -0.687. The standard InChI is InChI=1S/C19H36N4O6/c1-9-28-17(26)16(25)23(11-14(4)5)20-15(24)12-22(10-13(2)3)21-18(27)29-19(6,7)8/h13-14H,9-12H2,1-8H3,(H,20,24)(H,21,27). The number of nitrogens with one attached hydrogen (secondary N) is 2. The van der Waals surface area contributed by atoms with Crippen LogP contribution in [0.4, 0.5) is 4.79 Å². The van der Waals surface area contributed by atoms with Gasteiger partial charge >= 0.3 is 18.0 Å². The van der Waals surface area contributed by atoms with Crippen LogP contribution in [0, 0.1) is 11.8 Å². The van der Waals surface area contributed by atoms with Gasteiger partial charge in [-0.1, -0.05) is 27.7 Å². The molecule has 0 radical (unpaired) electrons. The summed E-state index contributed by atoms with van der Waals surface area (Å²) in [6, 6.07) is 0. The maximum atomic E-state index is 12.5. The smallest absolute Gasteiger partial charge is 0.422 e. The Kier molecular flexibility index (Phi) is 11.3. The second-order valence-corrected chi connectivity index (χ2v) is 8.45. The Balaban J connectivity index is 5.11. The molecule has 0 saturated heterocycles. The predicted molar refractivity (Wildman–Crippen MR) is 107 cm³/mol. The van der Waals surface area contributed by atoms with Gasteiger partial charge in [-0.25, -0.2) is 19.6 Å². The van der Waals surface area contributed by atoms with E-state index in [1.807, 2.05) is 27.7 Å². The number of nitrogens with zero attached hydrogens (tertiary/aromatic N) is 2. The van der Waals surface area contributed by atoms with Gasteiger partial charge in [-0.2, -0.15) is 0 Å². The number of amides is 3. The molecule has 0 fully saturated rings. The normalized spacial score (nSPS) is 11.4. The maximum Gasteiger partial charge on any atom is 0.422 e. The SMILES string of the molecule is CCOC(=O)C(=O)N(CC(C)C)NC(=O)CN(CC(C)C)NC(=O)OC(C)(C)C. The lowest BCUT2D eigenvalue weighted by atomic mass is 10.2. The molecule has 0 atom stereocenters. The zero-order valence-corrected chi connectivity index (χ0v) is 18.8. The zero-order valence-electron chi connectivity index (χ0n) is 18.8. The third kappa shape index (κ3) is 12.7. The van der Waals surface area contributed by atoms with Gasteiger partial charge in [0, 0.05) is 13.1 Å². The molecule has 0 aliphatic rings. The monoisotopic (exact) mass is 416 g/mol. The molecule has 0 aliphatic heterocycles. The van der Waals surface area contributed by atoms with E-state index in [2.05, 4.69) is 10.9 Å². The van der Waals surface area contributed by atoms with Gasteiger partial charge in [-0.05, 0) is 39.5 Å². The molecule has 0 aliphatic carbocycles. The van der Waals surface area contributed by atoms with E-state index in [-0.39, 0.29) is 31.5 Å². The molecule has 0 aromatic heterocycles. The Morgan fingerprint density at radius 3 is 1.93 bits per heavy atom. The molecule has 3 amide bonds. The van der Waals surface area contributed by atoms with Crippen LogP contribution in [0.2, 0.25) is 0 Å². The van der Waals surface area contributed by atoms with Crippen molar-refractivity contribution in [1.82, 2.24) is 20.9 Å². The van der Waals surface area contributed by atoms with E-state index in [9.17, 15) is 19.2 Å². The number of hydrogen-bond acceptors (Lipinski definition) is 7. The average Bonchev–Trinajstić information content (AvgIpc) is 2.50. The van der Waals surface area contributed by atoms with E-state index in [4.69, 9.17) is 9.47 Å². The first-order chi connectivity index (χ1) is 13.2. The zero-order chi connectivity index (χ0) is 22.8. The third-order valence-electron chi connectivity index (χ3n) is 3.07. The molecule has 10 nitrogen and oxygen atoms in total. The van der Waals surface area contributed by atoms with Gasteiger partial charge in [0.15, 0.2) is 0 Å². The van der Waals surface area contributed by atoms with Crippen molar-refractivity contribution < 1.29 is 28.7 Å². The quantitative estimate of drug-likeness (QED) is 0.349. The highest BCUT2D eigenvalue weighted by Gasteiger charge is 2.27. The Hall–Kier alpha value is -2.36. The van der Waals surface area contributed by atoms with E-state index >= 15 is 0 Å². The summed E-state index contributed by atoms with van der Waals surface area (Å²) < 4.78 is 9.93. The lowest BCUT2D eigenvalue weighted by Crippen LogP contribution is -2.55. The van der Waals surface area contributed by atoms with Crippen molar-refractivity contribution in [2.75, 3.05) is 26.2 Å². The van der Waals surface area contributed by atoms with Gasteiger partial charge in [0.2, 0.25) is 0 Å². The Bertz CT molecular complexity index is 572. The summed E-state index contributed by atoms with van der Waals surface area (Å²) in [5.41, 5.74) is 4.28. The van der Waals surface area contributed by atoms with Gasteiger partial charge < -0.3 is 9.47 Å². The van der Waals surface area contributed by atoms with Crippen LogP contribution >= 0.6 is 0 Å². The minimum Gasteiger partial charge on any atom is -0.459 e. The van der Waals surface area contributed by atoms with Crippen molar-refractivity contribution in [3.05, 3.63) is 0 Å². The molecular formula is C19H36N4O6. The first kappa shape index (κ1) is 26.6. The van der Waals surface area contributed by atoms with E-state index in [1.165, 1.54) is 5.01 Å². The van der Waals surface area contributed by atoms with Gasteiger partial charge in [0.05, 0.1) is 13.2 Å². The highest BCUT2D eigenvalue weighted by molar-refractivity contribution is 6.32. The maximum absolute atomic E-state index is 12.5. The topological polar surface area (TPSA) is 117 Å². The molecule has 2 N–H and O–H groups in total. The van der Waals surface area contributed by atoms with Crippen LogP contribution < -0.4 is 10.9 Å². The van der Waals surface area contributed by atoms with Gasteiger partial charge in [0.25, 0.3) is 5.91 Å². The predicted octanol–water partition coefficient (Wildman–Crippen LogP) is 1.46. The third-order valence-corrected chi connectivity index (χ3v) is 3.07.